The Hall–Kier alpha value is -1.70. The first-order valence-electron chi connectivity index (χ1n) is 6.47. The van der Waals surface area contributed by atoms with Gasteiger partial charge in [-0.25, -0.2) is 0 Å². The van der Waals surface area contributed by atoms with Crippen LogP contribution < -0.4 is 0 Å². The van der Waals surface area contributed by atoms with Gasteiger partial charge < -0.3 is 4.57 Å². The lowest BCUT2D eigenvalue weighted by Crippen LogP contribution is -1.95. The Morgan fingerprint density at radius 2 is 1.50 bits per heavy atom. The van der Waals surface area contributed by atoms with Gasteiger partial charge in [0, 0.05) is 39.1 Å². The molecule has 0 aliphatic carbocycles. The van der Waals surface area contributed by atoms with E-state index in [-0.39, 0.29) is 0 Å². The second-order valence-electron chi connectivity index (χ2n) is 5.01. The molecular weight excluding hydrogens is 289 g/mol. The molecule has 3 heteroatoms. The minimum atomic E-state index is 0.665. The number of rotatable bonds is 1. The zero-order valence-corrected chi connectivity index (χ0v) is 12.1. The Morgan fingerprint density at radius 3 is 2.30 bits per heavy atom. The highest BCUT2D eigenvalue weighted by atomic mass is 35.5. The molecular formula is C17H11Cl2N. The molecule has 0 amide bonds. The van der Waals surface area contributed by atoms with Crippen molar-refractivity contribution in [1.29, 1.82) is 0 Å². The van der Waals surface area contributed by atoms with Crippen LogP contribution in [-0.2, 0) is 6.54 Å². The van der Waals surface area contributed by atoms with Crippen LogP contribution in [0.4, 0.5) is 0 Å². The number of nitrogens with zero attached hydrogens (tertiary/aromatic N) is 1. The van der Waals surface area contributed by atoms with Gasteiger partial charge in [-0.2, -0.15) is 0 Å². The van der Waals surface area contributed by atoms with Gasteiger partial charge in [0.15, 0.2) is 0 Å². The SMILES string of the molecule is Clc1cc(Cl)cc(-c2ccc3n2Cc2ccccc2-3)c1. The molecule has 0 spiro atoms. The van der Waals surface area contributed by atoms with E-state index in [4.69, 9.17) is 23.2 Å². The number of hydrogen-bond acceptors (Lipinski definition) is 0. The molecule has 0 saturated carbocycles. The first-order chi connectivity index (χ1) is 9.72. The van der Waals surface area contributed by atoms with Gasteiger partial charge in [0.1, 0.15) is 0 Å². The molecule has 1 aliphatic rings. The van der Waals surface area contributed by atoms with E-state index >= 15 is 0 Å². The summed E-state index contributed by atoms with van der Waals surface area (Å²) in [4.78, 5) is 0. The maximum atomic E-state index is 6.11. The van der Waals surface area contributed by atoms with Crippen LogP contribution in [0.3, 0.4) is 0 Å². The summed E-state index contributed by atoms with van der Waals surface area (Å²) < 4.78 is 2.31. The molecule has 0 saturated heterocycles. The van der Waals surface area contributed by atoms with Crippen molar-refractivity contribution in [3.63, 3.8) is 0 Å². The topological polar surface area (TPSA) is 4.93 Å². The number of halogens is 2. The van der Waals surface area contributed by atoms with Crippen molar-refractivity contribution in [1.82, 2.24) is 4.57 Å². The summed E-state index contributed by atoms with van der Waals surface area (Å²) in [5.74, 6) is 0. The Labute approximate surface area is 127 Å². The minimum Gasteiger partial charge on any atom is -0.336 e. The summed E-state index contributed by atoms with van der Waals surface area (Å²) >= 11 is 12.2. The van der Waals surface area contributed by atoms with Crippen LogP contribution in [0.5, 0.6) is 0 Å². The van der Waals surface area contributed by atoms with Crippen molar-refractivity contribution in [3.8, 4) is 22.5 Å². The minimum absolute atomic E-state index is 0.665. The zero-order valence-electron chi connectivity index (χ0n) is 10.6. The maximum absolute atomic E-state index is 6.11. The lowest BCUT2D eigenvalue weighted by molar-refractivity contribution is 0.861. The quantitative estimate of drug-likeness (QED) is 0.438. The number of benzene rings is 2. The standard InChI is InChI=1S/C17H11Cl2N/c18-13-7-12(8-14(19)9-13)16-5-6-17-15-4-2-1-3-11(15)10-20(16)17/h1-9H,10H2. The van der Waals surface area contributed by atoms with Crippen molar-refractivity contribution in [2.24, 2.45) is 0 Å². The number of hydrogen-bond donors (Lipinski definition) is 0. The zero-order chi connectivity index (χ0) is 13.7. The predicted octanol–water partition coefficient (Wildman–Crippen LogP) is 5.49. The van der Waals surface area contributed by atoms with Crippen LogP contribution >= 0.6 is 23.2 Å². The summed E-state index contributed by atoms with van der Waals surface area (Å²) in [7, 11) is 0. The summed E-state index contributed by atoms with van der Waals surface area (Å²) in [6.45, 7) is 0.901. The van der Waals surface area contributed by atoms with Gasteiger partial charge in [0.2, 0.25) is 0 Å². The molecule has 2 aromatic carbocycles. The third kappa shape index (κ3) is 1.78. The first-order valence-corrected chi connectivity index (χ1v) is 7.22. The van der Waals surface area contributed by atoms with Crippen molar-refractivity contribution < 1.29 is 0 Å². The average molecular weight is 300 g/mol. The van der Waals surface area contributed by atoms with E-state index in [1.165, 1.54) is 16.8 Å². The summed E-state index contributed by atoms with van der Waals surface area (Å²) in [5.41, 5.74) is 6.14. The van der Waals surface area contributed by atoms with E-state index in [9.17, 15) is 0 Å². The van der Waals surface area contributed by atoms with Gasteiger partial charge in [-0.05, 0) is 35.9 Å². The summed E-state index contributed by atoms with van der Waals surface area (Å²) in [6.07, 6.45) is 0. The normalized spacial score (nSPS) is 12.3. The van der Waals surface area contributed by atoms with Crippen LogP contribution in [0.1, 0.15) is 5.56 Å². The van der Waals surface area contributed by atoms with E-state index < -0.39 is 0 Å². The second-order valence-corrected chi connectivity index (χ2v) is 5.88. The molecule has 0 bridgehead atoms. The van der Waals surface area contributed by atoms with Gasteiger partial charge in [-0.3, -0.25) is 0 Å². The van der Waals surface area contributed by atoms with Gasteiger partial charge in [0.25, 0.3) is 0 Å². The largest absolute Gasteiger partial charge is 0.336 e. The summed E-state index contributed by atoms with van der Waals surface area (Å²) in [5, 5.41) is 1.33. The van der Waals surface area contributed by atoms with Gasteiger partial charge >= 0.3 is 0 Å². The molecule has 0 N–H and O–H groups in total. The third-order valence-electron chi connectivity index (χ3n) is 3.76. The Bertz CT molecular complexity index is 797. The molecule has 4 rings (SSSR count). The maximum Gasteiger partial charge on any atom is 0.0491 e. The van der Waals surface area contributed by atoms with Crippen molar-refractivity contribution >= 4 is 23.2 Å². The molecule has 20 heavy (non-hydrogen) atoms. The number of fused-ring (bicyclic) bond motifs is 3. The molecule has 0 unspecified atom stereocenters. The Kier molecular flexibility index (Phi) is 2.66. The van der Waals surface area contributed by atoms with Crippen LogP contribution in [0.25, 0.3) is 22.5 Å². The smallest absolute Gasteiger partial charge is 0.0491 e. The fourth-order valence-corrected chi connectivity index (χ4v) is 3.43. The monoisotopic (exact) mass is 299 g/mol. The van der Waals surface area contributed by atoms with Crippen molar-refractivity contribution in [2.75, 3.05) is 0 Å². The van der Waals surface area contributed by atoms with Crippen LogP contribution in [0.15, 0.2) is 54.6 Å². The molecule has 0 fully saturated rings. The molecule has 2 heterocycles. The van der Waals surface area contributed by atoms with Crippen LogP contribution in [0.2, 0.25) is 10.0 Å². The third-order valence-corrected chi connectivity index (χ3v) is 4.20. The molecule has 0 atom stereocenters. The van der Waals surface area contributed by atoms with E-state index in [1.807, 2.05) is 12.1 Å². The van der Waals surface area contributed by atoms with Crippen molar-refractivity contribution in [3.05, 3.63) is 70.2 Å². The fourth-order valence-electron chi connectivity index (χ4n) is 2.91. The van der Waals surface area contributed by atoms with Gasteiger partial charge in [-0.1, -0.05) is 47.5 Å². The van der Waals surface area contributed by atoms with Crippen LogP contribution in [0, 0.1) is 0 Å². The van der Waals surface area contributed by atoms with Crippen molar-refractivity contribution in [2.45, 2.75) is 6.54 Å². The van der Waals surface area contributed by atoms with Gasteiger partial charge in [-0.15, -0.1) is 0 Å². The molecule has 1 aromatic heterocycles. The van der Waals surface area contributed by atoms with E-state index in [1.54, 1.807) is 6.07 Å². The Balaban J connectivity index is 1.89. The fraction of sp³-hybridized carbons (Fsp3) is 0.0588. The average Bonchev–Trinajstić information content (AvgIpc) is 2.95. The first kappa shape index (κ1) is 12.1. The molecule has 3 aromatic rings. The summed E-state index contributed by atoms with van der Waals surface area (Å²) in [6, 6.07) is 18.5. The highest BCUT2D eigenvalue weighted by Crippen LogP contribution is 2.38. The van der Waals surface area contributed by atoms with E-state index in [0.29, 0.717) is 10.0 Å². The lowest BCUT2D eigenvalue weighted by atomic mass is 10.1. The lowest BCUT2D eigenvalue weighted by Gasteiger charge is -2.07. The number of aromatic nitrogens is 1. The molecule has 1 nitrogen and oxygen atoms in total. The molecule has 1 aliphatic heterocycles. The Morgan fingerprint density at radius 1 is 0.800 bits per heavy atom. The predicted molar refractivity (Wildman–Crippen MR) is 84.4 cm³/mol. The molecule has 0 radical (unpaired) electrons. The highest BCUT2D eigenvalue weighted by molar-refractivity contribution is 6.35. The molecule has 98 valence electrons. The van der Waals surface area contributed by atoms with E-state index in [0.717, 1.165) is 17.8 Å². The van der Waals surface area contributed by atoms with Gasteiger partial charge in [0.05, 0.1) is 0 Å². The second kappa shape index (κ2) is 4.41. The van der Waals surface area contributed by atoms with E-state index in [2.05, 4.69) is 41.0 Å². The highest BCUT2D eigenvalue weighted by Gasteiger charge is 2.20. The van der Waals surface area contributed by atoms with Crippen LogP contribution in [-0.4, -0.2) is 4.57 Å².